The topological polar surface area (TPSA) is 112 Å². The molecule has 0 saturated heterocycles. The molecule has 6 nitrogen and oxygen atoms in total. The zero-order valence-electron chi connectivity index (χ0n) is 9.74. The van der Waals surface area contributed by atoms with Gasteiger partial charge in [-0.1, -0.05) is 6.58 Å². The van der Waals surface area contributed by atoms with Crippen molar-refractivity contribution in [1.29, 1.82) is 0 Å². The summed E-state index contributed by atoms with van der Waals surface area (Å²) in [5, 5.41) is 28.5. The molecule has 0 aromatic carbocycles. The molecule has 0 radical (unpaired) electrons. The van der Waals surface area contributed by atoms with Crippen LogP contribution < -0.4 is 5.73 Å². The molecule has 0 spiro atoms. The van der Waals surface area contributed by atoms with Gasteiger partial charge in [-0.25, -0.2) is 0 Å². The molecule has 1 aliphatic rings. The first kappa shape index (κ1) is 12.6. The second-order valence-corrected chi connectivity index (χ2v) is 4.33. The van der Waals surface area contributed by atoms with E-state index in [4.69, 9.17) is 5.73 Å². The SMILES string of the molecule is C=C=C1C(c2cc(N)nc(O)n2)CC(CO)C1O. The Morgan fingerprint density at radius 2 is 2.22 bits per heavy atom. The lowest BCUT2D eigenvalue weighted by molar-refractivity contribution is 0.111. The molecule has 18 heavy (non-hydrogen) atoms. The molecule has 0 bridgehead atoms. The minimum Gasteiger partial charge on any atom is -0.479 e. The van der Waals surface area contributed by atoms with Crippen LogP contribution in [-0.4, -0.2) is 38.0 Å². The van der Waals surface area contributed by atoms with Gasteiger partial charge in [0.15, 0.2) is 0 Å². The van der Waals surface area contributed by atoms with E-state index in [2.05, 4.69) is 22.3 Å². The summed E-state index contributed by atoms with van der Waals surface area (Å²) in [5.41, 5.74) is 9.30. The number of nitrogens with zero attached hydrogens (tertiary/aromatic N) is 2. The number of aromatic hydroxyl groups is 1. The number of nitrogen functional groups attached to an aromatic ring is 1. The summed E-state index contributed by atoms with van der Waals surface area (Å²) < 4.78 is 0. The lowest BCUT2D eigenvalue weighted by Gasteiger charge is -2.11. The molecular weight excluding hydrogens is 234 g/mol. The zero-order chi connectivity index (χ0) is 13.3. The van der Waals surface area contributed by atoms with Crippen LogP contribution in [0, 0.1) is 5.92 Å². The molecule has 2 rings (SSSR count). The fourth-order valence-corrected chi connectivity index (χ4v) is 2.35. The third-order valence-corrected chi connectivity index (χ3v) is 3.23. The fraction of sp³-hybridized carbons (Fsp3) is 0.417. The molecule has 6 heteroatoms. The molecule has 1 aromatic heterocycles. The Bertz CT molecular complexity index is 491. The number of hydrogen-bond acceptors (Lipinski definition) is 6. The maximum atomic E-state index is 9.98. The van der Waals surface area contributed by atoms with Crippen molar-refractivity contribution in [3.05, 3.63) is 29.6 Å². The quantitative estimate of drug-likeness (QED) is 0.546. The van der Waals surface area contributed by atoms with Gasteiger partial charge < -0.3 is 21.1 Å². The number of rotatable bonds is 2. The van der Waals surface area contributed by atoms with E-state index in [0.717, 1.165) is 0 Å². The largest absolute Gasteiger partial charge is 0.479 e. The third-order valence-electron chi connectivity index (χ3n) is 3.23. The molecule has 1 aromatic rings. The van der Waals surface area contributed by atoms with Gasteiger partial charge in [-0.3, -0.25) is 0 Å². The monoisotopic (exact) mass is 249 g/mol. The highest BCUT2D eigenvalue weighted by Gasteiger charge is 2.39. The summed E-state index contributed by atoms with van der Waals surface area (Å²) >= 11 is 0. The third kappa shape index (κ3) is 2.09. The van der Waals surface area contributed by atoms with E-state index in [-0.39, 0.29) is 24.3 Å². The molecule has 0 aliphatic heterocycles. The van der Waals surface area contributed by atoms with Crippen molar-refractivity contribution in [3.8, 4) is 6.01 Å². The molecule has 1 saturated carbocycles. The summed E-state index contributed by atoms with van der Waals surface area (Å²) in [6.45, 7) is 3.41. The van der Waals surface area contributed by atoms with Crippen molar-refractivity contribution in [2.24, 2.45) is 5.92 Å². The van der Waals surface area contributed by atoms with Crippen molar-refractivity contribution in [1.82, 2.24) is 9.97 Å². The zero-order valence-corrected chi connectivity index (χ0v) is 9.74. The maximum Gasteiger partial charge on any atom is 0.316 e. The van der Waals surface area contributed by atoms with Crippen LogP contribution in [-0.2, 0) is 0 Å². The Morgan fingerprint density at radius 3 is 2.78 bits per heavy atom. The standard InChI is InChI=1S/C12H15N3O3/c1-2-7-8(3-6(5-16)11(7)17)9-4-10(13)15-12(18)14-9/h4,6,8,11,16-17H,1,3,5H2,(H3,13,14,15,18). The van der Waals surface area contributed by atoms with Crippen LogP contribution in [0.1, 0.15) is 18.0 Å². The van der Waals surface area contributed by atoms with Gasteiger partial charge in [0.05, 0.1) is 11.8 Å². The minimum absolute atomic E-state index is 0.130. The second-order valence-electron chi connectivity index (χ2n) is 4.33. The van der Waals surface area contributed by atoms with Gasteiger partial charge in [-0.2, -0.15) is 9.97 Å². The summed E-state index contributed by atoms with van der Waals surface area (Å²) in [4.78, 5) is 7.48. The molecule has 1 aliphatic carbocycles. The highest BCUT2D eigenvalue weighted by atomic mass is 16.3. The van der Waals surface area contributed by atoms with Crippen molar-refractivity contribution < 1.29 is 15.3 Å². The number of anilines is 1. The number of aromatic nitrogens is 2. The highest BCUT2D eigenvalue weighted by molar-refractivity contribution is 5.38. The molecule has 1 heterocycles. The Morgan fingerprint density at radius 1 is 1.50 bits per heavy atom. The van der Waals surface area contributed by atoms with E-state index in [0.29, 0.717) is 17.7 Å². The van der Waals surface area contributed by atoms with Crippen LogP contribution in [0.25, 0.3) is 0 Å². The van der Waals surface area contributed by atoms with Crippen molar-refractivity contribution in [2.45, 2.75) is 18.4 Å². The summed E-state index contributed by atoms with van der Waals surface area (Å²) in [7, 11) is 0. The lowest BCUT2D eigenvalue weighted by atomic mass is 9.98. The van der Waals surface area contributed by atoms with Crippen LogP contribution >= 0.6 is 0 Å². The summed E-state index contributed by atoms with van der Waals surface area (Å²) in [6, 6.07) is 1.13. The van der Waals surface area contributed by atoms with Gasteiger partial charge in [0.2, 0.25) is 0 Å². The molecule has 96 valence electrons. The first-order valence-electron chi connectivity index (χ1n) is 5.59. The molecule has 5 N–H and O–H groups in total. The average molecular weight is 249 g/mol. The molecular formula is C12H15N3O3. The first-order chi connectivity index (χ1) is 8.56. The van der Waals surface area contributed by atoms with Gasteiger partial charge >= 0.3 is 6.01 Å². The second kappa shape index (κ2) is 4.78. The Hall–Kier alpha value is -1.88. The van der Waals surface area contributed by atoms with Gasteiger partial charge in [-0.05, 0) is 6.42 Å². The molecule has 3 atom stereocenters. The number of aliphatic hydroxyl groups excluding tert-OH is 2. The summed E-state index contributed by atoms with van der Waals surface area (Å²) in [6.07, 6.45) is -0.290. The van der Waals surface area contributed by atoms with E-state index < -0.39 is 12.1 Å². The van der Waals surface area contributed by atoms with Crippen LogP contribution in [0.5, 0.6) is 6.01 Å². The maximum absolute atomic E-state index is 9.98. The van der Waals surface area contributed by atoms with E-state index in [1.807, 2.05) is 0 Å². The van der Waals surface area contributed by atoms with Crippen molar-refractivity contribution in [2.75, 3.05) is 12.3 Å². The van der Waals surface area contributed by atoms with Gasteiger partial charge in [-0.15, -0.1) is 5.73 Å². The van der Waals surface area contributed by atoms with E-state index in [1.165, 1.54) is 6.07 Å². The van der Waals surface area contributed by atoms with E-state index in [1.54, 1.807) is 0 Å². The van der Waals surface area contributed by atoms with E-state index in [9.17, 15) is 15.3 Å². The minimum atomic E-state index is -0.796. The molecule has 1 fully saturated rings. The highest BCUT2D eigenvalue weighted by Crippen LogP contribution is 2.42. The van der Waals surface area contributed by atoms with E-state index >= 15 is 0 Å². The van der Waals surface area contributed by atoms with Crippen LogP contribution in [0.2, 0.25) is 0 Å². The summed E-state index contributed by atoms with van der Waals surface area (Å²) in [5.74, 6) is -0.383. The fourth-order valence-electron chi connectivity index (χ4n) is 2.35. The van der Waals surface area contributed by atoms with Gasteiger partial charge in [0.1, 0.15) is 5.82 Å². The Balaban J connectivity index is 2.41. The Labute approximate surface area is 104 Å². The normalized spacial score (nSPS) is 27.2. The number of aliphatic hydroxyl groups is 2. The molecule has 0 amide bonds. The number of nitrogens with two attached hydrogens (primary N) is 1. The van der Waals surface area contributed by atoms with Crippen LogP contribution in [0.3, 0.4) is 0 Å². The lowest BCUT2D eigenvalue weighted by Crippen LogP contribution is -2.17. The van der Waals surface area contributed by atoms with Gasteiger partial charge in [0.25, 0.3) is 0 Å². The predicted molar refractivity (Wildman–Crippen MR) is 64.7 cm³/mol. The Kier molecular flexibility index (Phi) is 3.34. The van der Waals surface area contributed by atoms with Crippen LogP contribution in [0.4, 0.5) is 5.82 Å². The van der Waals surface area contributed by atoms with Crippen molar-refractivity contribution in [3.63, 3.8) is 0 Å². The average Bonchev–Trinajstić information content (AvgIpc) is 2.64. The van der Waals surface area contributed by atoms with Crippen molar-refractivity contribution >= 4 is 5.82 Å². The van der Waals surface area contributed by atoms with Crippen LogP contribution in [0.15, 0.2) is 23.9 Å². The molecule has 3 unspecified atom stereocenters. The van der Waals surface area contributed by atoms with Gasteiger partial charge in [0, 0.05) is 30.1 Å². The predicted octanol–water partition coefficient (Wildman–Crippen LogP) is -0.0676. The number of hydrogen-bond donors (Lipinski definition) is 4. The smallest absolute Gasteiger partial charge is 0.316 e. The first-order valence-corrected chi connectivity index (χ1v) is 5.59.